The van der Waals surface area contributed by atoms with Crippen molar-refractivity contribution in [3.8, 4) is 0 Å². The van der Waals surface area contributed by atoms with Gasteiger partial charge in [-0.3, -0.25) is 4.79 Å². The van der Waals surface area contributed by atoms with Crippen molar-refractivity contribution in [1.82, 2.24) is 5.32 Å². The largest absolute Gasteiger partial charge is 0.468 e. The van der Waals surface area contributed by atoms with E-state index in [1.165, 1.54) is 12.0 Å². The first kappa shape index (κ1) is 11.2. The summed E-state index contributed by atoms with van der Waals surface area (Å²) in [6.45, 7) is 2.65. The maximum atomic E-state index is 11.5. The third kappa shape index (κ3) is 2.56. The van der Waals surface area contributed by atoms with E-state index < -0.39 is 0 Å². The summed E-state index contributed by atoms with van der Waals surface area (Å²) in [5, 5.41) is 3.00. The molecule has 0 saturated heterocycles. The van der Waals surface area contributed by atoms with Crippen LogP contribution in [0.25, 0.3) is 0 Å². The van der Waals surface area contributed by atoms with Crippen molar-refractivity contribution in [1.29, 1.82) is 0 Å². The van der Waals surface area contributed by atoms with Crippen LogP contribution < -0.4 is 5.32 Å². The number of hydrogen-bond donors (Lipinski definition) is 1. The van der Waals surface area contributed by atoms with Crippen molar-refractivity contribution >= 4 is 17.3 Å². The van der Waals surface area contributed by atoms with Crippen molar-refractivity contribution in [3.05, 3.63) is 21.9 Å². The van der Waals surface area contributed by atoms with Gasteiger partial charge in [-0.25, -0.2) is 0 Å². The molecule has 1 aromatic rings. The van der Waals surface area contributed by atoms with E-state index in [-0.39, 0.29) is 11.9 Å². The summed E-state index contributed by atoms with van der Waals surface area (Å²) in [5.74, 6) is -0.357. The number of aryl methyl sites for hydroxylation is 1. The van der Waals surface area contributed by atoms with Crippen LogP contribution in [0.1, 0.15) is 15.7 Å². The van der Waals surface area contributed by atoms with Gasteiger partial charge in [-0.05, 0) is 26.1 Å². The normalized spacial score (nSPS) is 12.5. The van der Waals surface area contributed by atoms with E-state index in [0.29, 0.717) is 6.54 Å². The lowest BCUT2D eigenvalue weighted by Crippen LogP contribution is -2.24. The van der Waals surface area contributed by atoms with Gasteiger partial charge < -0.3 is 10.1 Å². The van der Waals surface area contributed by atoms with Gasteiger partial charge in [0.05, 0.1) is 7.11 Å². The van der Waals surface area contributed by atoms with Gasteiger partial charge >= 0.3 is 5.97 Å². The van der Waals surface area contributed by atoms with Gasteiger partial charge in [-0.2, -0.15) is 0 Å². The molecule has 0 aromatic carbocycles. The Balaban J connectivity index is 2.82. The van der Waals surface area contributed by atoms with Crippen LogP contribution in [0.5, 0.6) is 0 Å². The molecule has 0 fully saturated rings. The van der Waals surface area contributed by atoms with E-state index in [1.807, 2.05) is 26.1 Å². The molecule has 0 bridgehead atoms. The maximum absolute atomic E-state index is 11.5. The lowest BCUT2D eigenvalue weighted by Gasteiger charge is -2.11. The average molecular weight is 213 g/mol. The highest BCUT2D eigenvalue weighted by molar-refractivity contribution is 7.12. The number of nitrogens with one attached hydrogen (secondary N) is 1. The van der Waals surface area contributed by atoms with Gasteiger partial charge in [0.2, 0.25) is 0 Å². The second-order valence-corrected chi connectivity index (χ2v) is 4.40. The first-order chi connectivity index (χ1) is 6.69. The average Bonchev–Trinajstić information content (AvgIpc) is 2.60. The molecular formula is C10H15NO2S. The molecule has 14 heavy (non-hydrogen) atoms. The highest BCUT2D eigenvalue weighted by Gasteiger charge is 2.21. The first-order valence-electron chi connectivity index (χ1n) is 4.47. The van der Waals surface area contributed by atoms with Crippen LogP contribution in [0.4, 0.5) is 0 Å². The smallest absolute Gasteiger partial charge is 0.315 e. The van der Waals surface area contributed by atoms with Gasteiger partial charge in [-0.15, -0.1) is 11.3 Å². The van der Waals surface area contributed by atoms with Crippen LogP contribution in [-0.2, 0) is 9.53 Å². The summed E-state index contributed by atoms with van der Waals surface area (Å²) in [6.07, 6.45) is 0. The van der Waals surface area contributed by atoms with Crippen LogP contribution >= 0.6 is 11.3 Å². The molecule has 0 spiro atoms. The Hall–Kier alpha value is -0.870. The Morgan fingerprint density at radius 3 is 2.79 bits per heavy atom. The minimum atomic E-state index is -0.179. The molecule has 1 unspecified atom stereocenters. The molecule has 3 nitrogen and oxygen atoms in total. The zero-order valence-corrected chi connectivity index (χ0v) is 9.48. The minimum absolute atomic E-state index is 0.177. The first-order valence-corrected chi connectivity index (χ1v) is 5.29. The second kappa shape index (κ2) is 5.12. The van der Waals surface area contributed by atoms with E-state index >= 15 is 0 Å². The molecule has 4 heteroatoms. The number of thiophene rings is 1. The van der Waals surface area contributed by atoms with Crippen molar-refractivity contribution in [2.75, 3.05) is 20.7 Å². The topological polar surface area (TPSA) is 38.3 Å². The highest BCUT2D eigenvalue weighted by Crippen LogP contribution is 2.24. The fourth-order valence-corrected chi connectivity index (χ4v) is 2.25. The molecule has 0 aliphatic carbocycles. The van der Waals surface area contributed by atoms with Gasteiger partial charge in [0, 0.05) is 16.3 Å². The molecule has 1 rings (SSSR count). The van der Waals surface area contributed by atoms with Crippen LogP contribution in [0.2, 0.25) is 0 Å². The van der Waals surface area contributed by atoms with Crippen LogP contribution in [0, 0.1) is 6.92 Å². The quantitative estimate of drug-likeness (QED) is 0.771. The fraction of sp³-hybridized carbons (Fsp3) is 0.500. The molecule has 0 aliphatic heterocycles. The Morgan fingerprint density at radius 1 is 1.64 bits per heavy atom. The number of rotatable bonds is 4. The Labute approximate surface area is 88.1 Å². The number of hydrogen-bond acceptors (Lipinski definition) is 4. The van der Waals surface area contributed by atoms with Crippen LogP contribution in [0.3, 0.4) is 0 Å². The molecule has 78 valence electrons. The number of ether oxygens (including phenoxy) is 1. The van der Waals surface area contributed by atoms with Gasteiger partial charge in [0.25, 0.3) is 0 Å². The highest BCUT2D eigenvalue weighted by atomic mass is 32.1. The number of methoxy groups -OCH3 is 1. The number of carbonyl (C=O) groups is 1. The standard InChI is InChI=1S/C10H15NO2S/c1-7-4-5-9(14-7)8(6-11-2)10(12)13-3/h4-5,8,11H,6H2,1-3H3. The van der Waals surface area contributed by atoms with E-state index in [1.54, 1.807) is 11.3 Å². The van der Waals surface area contributed by atoms with E-state index in [2.05, 4.69) is 5.32 Å². The molecule has 1 N–H and O–H groups in total. The molecule has 0 amide bonds. The Bertz CT molecular complexity index is 309. The van der Waals surface area contributed by atoms with Crippen LogP contribution in [0.15, 0.2) is 12.1 Å². The zero-order chi connectivity index (χ0) is 10.6. The summed E-state index contributed by atoms with van der Waals surface area (Å²) < 4.78 is 4.76. The predicted octanol–water partition coefficient (Wildman–Crippen LogP) is 1.53. The van der Waals surface area contributed by atoms with Gasteiger partial charge in [-0.1, -0.05) is 0 Å². The summed E-state index contributed by atoms with van der Waals surface area (Å²) in [6, 6.07) is 4.00. The lowest BCUT2D eigenvalue weighted by atomic mass is 10.1. The number of carbonyl (C=O) groups excluding carboxylic acids is 1. The minimum Gasteiger partial charge on any atom is -0.468 e. The molecular weight excluding hydrogens is 198 g/mol. The summed E-state index contributed by atoms with van der Waals surface area (Å²) in [4.78, 5) is 13.7. The molecule has 1 heterocycles. The maximum Gasteiger partial charge on any atom is 0.315 e. The predicted molar refractivity (Wildman–Crippen MR) is 57.7 cm³/mol. The number of esters is 1. The van der Waals surface area contributed by atoms with Crippen molar-refractivity contribution in [3.63, 3.8) is 0 Å². The Morgan fingerprint density at radius 2 is 2.36 bits per heavy atom. The van der Waals surface area contributed by atoms with Gasteiger partial charge in [0.1, 0.15) is 5.92 Å². The molecule has 0 radical (unpaired) electrons. The summed E-state index contributed by atoms with van der Waals surface area (Å²) >= 11 is 1.64. The van der Waals surface area contributed by atoms with E-state index in [4.69, 9.17) is 4.74 Å². The third-order valence-corrected chi connectivity index (χ3v) is 3.11. The van der Waals surface area contributed by atoms with Crippen molar-refractivity contribution in [2.24, 2.45) is 0 Å². The summed E-state index contributed by atoms with van der Waals surface area (Å²) in [7, 11) is 3.25. The molecule has 0 aliphatic rings. The monoisotopic (exact) mass is 213 g/mol. The molecule has 0 saturated carbocycles. The number of likely N-dealkylation sites (N-methyl/N-ethyl adjacent to an activating group) is 1. The Kier molecular flexibility index (Phi) is 4.10. The lowest BCUT2D eigenvalue weighted by molar-refractivity contribution is -0.142. The summed E-state index contributed by atoms with van der Waals surface area (Å²) in [5.41, 5.74) is 0. The zero-order valence-electron chi connectivity index (χ0n) is 8.66. The van der Waals surface area contributed by atoms with Gasteiger partial charge in [0.15, 0.2) is 0 Å². The van der Waals surface area contributed by atoms with Crippen molar-refractivity contribution < 1.29 is 9.53 Å². The van der Waals surface area contributed by atoms with Crippen molar-refractivity contribution in [2.45, 2.75) is 12.8 Å². The van der Waals surface area contributed by atoms with E-state index in [0.717, 1.165) is 4.88 Å². The van der Waals surface area contributed by atoms with Crippen LogP contribution in [-0.4, -0.2) is 26.7 Å². The van der Waals surface area contributed by atoms with E-state index in [9.17, 15) is 4.79 Å². The third-order valence-electron chi connectivity index (χ3n) is 2.00. The second-order valence-electron chi connectivity index (χ2n) is 3.08. The SMILES string of the molecule is CNCC(C(=O)OC)c1ccc(C)s1. The molecule has 1 aromatic heterocycles. The molecule has 1 atom stereocenters. The fourth-order valence-electron chi connectivity index (χ4n) is 1.29.